The topological polar surface area (TPSA) is 71.3 Å². The summed E-state index contributed by atoms with van der Waals surface area (Å²) in [5.74, 6) is 0.450. The Morgan fingerprint density at radius 1 is 1.26 bits per heavy atom. The van der Waals surface area contributed by atoms with Crippen LogP contribution in [-0.4, -0.2) is 56.5 Å². The van der Waals surface area contributed by atoms with Gasteiger partial charge in [0.25, 0.3) is 0 Å². The number of carbonyl (C=O) groups excluding carboxylic acids is 2. The van der Waals surface area contributed by atoms with Gasteiger partial charge in [0, 0.05) is 26.7 Å². The van der Waals surface area contributed by atoms with E-state index in [0.29, 0.717) is 19.6 Å². The Morgan fingerprint density at radius 3 is 2.47 bits per heavy atom. The normalized spacial score (nSPS) is 27.4. The molecule has 1 aromatic rings. The van der Waals surface area contributed by atoms with Gasteiger partial charge in [0.15, 0.2) is 0 Å². The van der Waals surface area contributed by atoms with Crippen molar-refractivity contribution < 1.29 is 9.59 Å². The summed E-state index contributed by atoms with van der Waals surface area (Å²) in [4.78, 5) is 31.4. The second-order valence-corrected chi connectivity index (χ2v) is 5.13. The zero-order valence-electron chi connectivity index (χ0n) is 11.1. The third kappa shape index (κ3) is 1.85. The molecule has 2 aliphatic rings. The van der Waals surface area contributed by atoms with Crippen molar-refractivity contribution in [3.05, 3.63) is 12.2 Å². The Bertz CT molecular complexity index is 502. The minimum atomic E-state index is -0.171. The molecule has 0 bridgehead atoms. The Balaban J connectivity index is 1.71. The molecule has 2 atom stereocenters. The smallest absolute Gasteiger partial charge is 0.234 e. The predicted octanol–water partition coefficient (Wildman–Crippen LogP) is -0.655. The SMILES string of the molecule is CCn1ncnc1CN1C[C@@H]2C(=O)N(C)C(=O)[C@@H]2C1. The van der Waals surface area contributed by atoms with E-state index in [1.54, 1.807) is 13.4 Å². The van der Waals surface area contributed by atoms with Crippen molar-refractivity contribution in [1.82, 2.24) is 24.6 Å². The molecule has 0 unspecified atom stereocenters. The van der Waals surface area contributed by atoms with Crippen LogP contribution in [0.25, 0.3) is 0 Å². The van der Waals surface area contributed by atoms with Gasteiger partial charge in [-0.2, -0.15) is 5.10 Å². The van der Waals surface area contributed by atoms with Crippen LogP contribution in [0, 0.1) is 11.8 Å². The van der Waals surface area contributed by atoms with Gasteiger partial charge in [0.05, 0.1) is 18.4 Å². The molecule has 0 aromatic carbocycles. The molecule has 102 valence electrons. The van der Waals surface area contributed by atoms with Crippen LogP contribution in [0.15, 0.2) is 6.33 Å². The van der Waals surface area contributed by atoms with E-state index in [0.717, 1.165) is 12.4 Å². The van der Waals surface area contributed by atoms with E-state index < -0.39 is 0 Å². The summed E-state index contributed by atoms with van der Waals surface area (Å²) >= 11 is 0. The molecule has 2 aliphatic heterocycles. The molecule has 0 saturated carbocycles. The number of hydrogen-bond acceptors (Lipinski definition) is 5. The molecule has 0 aliphatic carbocycles. The van der Waals surface area contributed by atoms with E-state index >= 15 is 0 Å². The molecule has 1 aromatic heterocycles. The van der Waals surface area contributed by atoms with E-state index in [1.165, 1.54) is 4.90 Å². The van der Waals surface area contributed by atoms with E-state index in [1.807, 2.05) is 11.6 Å². The van der Waals surface area contributed by atoms with Crippen LogP contribution in [-0.2, 0) is 22.7 Å². The molecule has 2 saturated heterocycles. The molecule has 7 heteroatoms. The van der Waals surface area contributed by atoms with Gasteiger partial charge in [-0.15, -0.1) is 0 Å². The maximum Gasteiger partial charge on any atom is 0.234 e. The first-order chi connectivity index (χ1) is 9.11. The third-order valence-corrected chi connectivity index (χ3v) is 4.05. The average Bonchev–Trinajstić information content (AvgIpc) is 3.06. The standard InChI is InChI=1S/C12H17N5O2/c1-3-17-10(13-7-14-17)6-16-4-8-9(5-16)12(19)15(2)11(8)18/h7-9H,3-6H2,1-2H3/t8-,9+. The summed E-state index contributed by atoms with van der Waals surface area (Å²) < 4.78 is 1.84. The summed E-state index contributed by atoms with van der Waals surface area (Å²) in [6.45, 7) is 4.70. The molecular weight excluding hydrogens is 246 g/mol. The van der Waals surface area contributed by atoms with E-state index in [9.17, 15) is 9.59 Å². The molecule has 2 amide bonds. The van der Waals surface area contributed by atoms with Crippen LogP contribution in [0.4, 0.5) is 0 Å². The number of aromatic nitrogens is 3. The first kappa shape index (κ1) is 12.3. The van der Waals surface area contributed by atoms with Gasteiger partial charge in [-0.25, -0.2) is 9.67 Å². The number of hydrogen-bond donors (Lipinski definition) is 0. The zero-order chi connectivity index (χ0) is 13.6. The van der Waals surface area contributed by atoms with Crippen LogP contribution < -0.4 is 0 Å². The predicted molar refractivity (Wildman–Crippen MR) is 65.7 cm³/mol. The monoisotopic (exact) mass is 263 g/mol. The van der Waals surface area contributed by atoms with Gasteiger partial charge < -0.3 is 0 Å². The van der Waals surface area contributed by atoms with Crippen molar-refractivity contribution in [2.45, 2.75) is 20.0 Å². The van der Waals surface area contributed by atoms with E-state index in [4.69, 9.17) is 0 Å². The largest absolute Gasteiger partial charge is 0.294 e. The fourth-order valence-corrected chi connectivity index (χ4v) is 3.00. The second-order valence-electron chi connectivity index (χ2n) is 5.13. The van der Waals surface area contributed by atoms with Crippen molar-refractivity contribution in [2.24, 2.45) is 11.8 Å². The van der Waals surface area contributed by atoms with Gasteiger partial charge in [0.1, 0.15) is 12.2 Å². The lowest BCUT2D eigenvalue weighted by Crippen LogP contribution is -2.33. The number of nitrogens with zero attached hydrogens (tertiary/aromatic N) is 5. The molecule has 19 heavy (non-hydrogen) atoms. The summed E-state index contributed by atoms with van der Waals surface area (Å²) in [7, 11) is 1.57. The molecule has 0 radical (unpaired) electrons. The van der Waals surface area contributed by atoms with E-state index in [-0.39, 0.29) is 23.7 Å². The lowest BCUT2D eigenvalue weighted by Gasteiger charge is -2.17. The van der Waals surface area contributed by atoms with Gasteiger partial charge >= 0.3 is 0 Å². The van der Waals surface area contributed by atoms with Gasteiger partial charge in [-0.1, -0.05) is 0 Å². The highest BCUT2D eigenvalue weighted by molar-refractivity contribution is 6.05. The molecule has 0 spiro atoms. The Labute approximate surface area is 111 Å². The fourth-order valence-electron chi connectivity index (χ4n) is 3.00. The van der Waals surface area contributed by atoms with Crippen LogP contribution in [0.2, 0.25) is 0 Å². The molecule has 2 fully saturated rings. The summed E-state index contributed by atoms with van der Waals surface area (Å²) in [6.07, 6.45) is 1.54. The van der Waals surface area contributed by atoms with Crippen LogP contribution in [0.3, 0.4) is 0 Å². The van der Waals surface area contributed by atoms with Crippen molar-refractivity contribution in [3.63, 3.8) is 0 Å². The maximum atomic E-state index is 11.9. The average molecular weight is 263 g/mol. The number of likely N-dealkylation sites (tertiary alicyclic amines) is 2. The first-order valence-corrected chi connectivity index (χ1v) is 6.52. The second kappa shape index (κ2) is 4.41. The zero-order valence-corrected chi connectivity index (χ0v) is 11.1. The number of fused-ring (bicyclic) bond motifs is 1. The molecule has 3 heterocycles. The van der Waals surface area contributed by atoms with Crippen molar-refractivity contribution in [3.8, 4) is 0 Å². The van der Waals surface area contributed by atoms with Crippen LogP contribution in [0.5, 0.6) is 0 Å². The third-order valence-electron chi connectivity index (χ3n) is 4.05. The van der Waals surface area contributed by atoms with Crippen molar-refractivity contribution in [2.75, 3.05) is 20.1 Å². The molecule has 7 nitrogen and oxygen atoms in total. The van der Waals surface area contributed by atoms with Crippen LogP contribution in [0.1, 0.15) is 12.7 Å². The minimum absolute atomic E-state index is 0.0468. The van der Waals surface area contributed by atoms with Crippen LogP contribution >= 0.6 is 0 Å². The molecule has 3 rings (SSSR count). The first-order valence-electron chi connectivity index (χ1n) is 6.52. The Hall–Kier alpha value is -1.76. The van der Waals surface area contributed by atoms with Crippen molar-refractivity contribution in [1.29, 1.82) is 0 Å². The van der Waals surface area contributed by atoms with Gasteiger partial charge in [-0.3, -0.25) is 19.4 Å². The number of rotatable bonds is 3. The highest BCUT2D eigenvalue weighted by Gasteiger charge is 2.50. The molecular formula is C12H17N5O2. The Morgan fingerprint density at radius 2 is 1.89 bits per heavy atom. The Kier molecular flexibility index (Phi) is 2.85. The number of carbonyl (C=O) groups is 2. The summed E-state index contributed by atoms with van der Waals surface area (Å²) in [5.41, 5.74) is 0. The quantitative estimate of drug-likeness (QED) is 0.677. The lowest BCUT2D eigenvalue weighted by molar-refractivity contribution is -0.138. The molecule has 0 N–H and O–H groups in total. The summed E-state index contributed by atoms with van der Waals surface area (Å²) in [6, 6.07) is 0. The number of aryl methyl sites for hydroxylation is 1. The number of amides is 2. The van der Waals surface area contributed by atoms with Gasteiger partial charge in [-0.05, 0) is 6.92 Å². The number of imide groups is 1. The van der Waals surface area contributed by atoms with Gasteiger partial charge in [0.2, 0.25) is 11.8 Å². The maximum absolute atomic E-state index is 11.9. The van der Waals surface area contributed by atoms with E-state index in [2.05, 4.69) is 15.0 Å². The van der Waals surface area contributed by atoms with Crippen molar-refractivity contribution >= 4 is 11.8 Å². The lowest BCUT2D eigenvalue weighted by atomic mass is 10.00. The highest BCUT2D eigenvalue weighted by Crippen LogP contribution is 2.32. The fraction of sp³-hybridized carbons (Fsp3) is 0.667. The highest BCUT2D eigenvalue weighted by atomic mass is 16.2. The minimum Gasteiger partial charge on any atom is -0.294 e. The summed E-state index contributed by atoms with van der Waals surface area (Å²) in [5, 5.41) is 4.13.